The molecule has 0 aliphatic carbocycles. The molecule has 0 aromatic heterocycles. The standard InChI is InChI=1S/C15H31N3/c1-5-16-15(12(2)3)11-18-9-8-13-6-7-14(10-18)17(13)4/h12-16H,5-11H2,1-4H3. The molecule has 3 atom stereocenters. The first-order valence-electron chi connectivity index (χ1n) is 7.79. The van der Waals surface area contributed by atoms with Crippen LogP contribution in [-0.4, -0.2) is 61.2 Å². The van der Waals surface area contributed by atoms with Crippen LogP contribution < -0.4 is 5.32 Å². The van der Waals surface area contributed by atoms with Gasteiger partial charge in [0.05, 0.1) is 0 Å². The minimum absolute atomic E-state index is 0.650. The molecule has 2 fully saturated rings. The Morgan fingerprint density at radius 2 is 1.89 bits per heavy atom. The number of rotatable bonds is 5. The summed E-state index contributed by atoms with van der Waals surface area (Å²) in [4.78, 5) is 5.34. The Morgan fingerprint density at radius 3 is 2.56 bits per heavy atom. The number of nitrogens with zero attached hydrogens (tertiary/aromatic N) is 2. The number of likely N-dealkylation sites (tertiary alicyclic amines) is 1. The van der Waals surface area contributed by atoms with Crippen LogP contribution in [0.2, 0.25) is 0 Å². The zero-order chi connectivity index (χ0) is 13.1. The molecule has 2 bridgehead atoms. The highest BCUT2D eigenvalue weighted by Gasteiger charge is 2.35. The van der Waals surface area contributed by atoms with E-state index in [0.717, 1.165) is 24.5 Å². The zero-order valence-corrected chi connectivity index (χ0v) is 12.7. The van der Waals surface area contributed by atoms with Gasteiger partial charge in [0, 0.05) is 31.2 Å². The van der Waals surface area contributed by atoms with Gasteiger partial charge in [-0.1, -0.05) is 20.8 Å². The van der Waals surface area contributed by atoms with Gasteiger partial charge in [-0.05, 0) is 45.3 Å². The fourth-order valence-corrected chi connectivity index (χ4v) is 3.60. The van der Waals surface area contributed by atoms with E-state index in [1.165, 1.54) is 38.9 Å². The van der Waals surface area contributed by atoms with Gasteiger partial charge in [0.2, 0.25) is 0 Å². The third kappa shape index (κ3) is 3.25. The predicted octanol–water partition coefficient (Wildman–Crippen LogP) is 1.79. The maximum Gasteiger partial charge on any atom is 0.0223 e. The van der Waals surface area contributed by atoms with Crippen LogP contribution in [0.5, 0.6) is 0 Å². The maximum absolute atomic E-state index is 3.65. The largest absolute Gasteiger partial charge is 0.313 e. The van der Waals surface area contributed by atoms with E-state index in [0.29, 0.717) is 6.04 Å². The molecule has 0 aromatic carbocycles. The van der Waals surface area contributed by atoms with Crippen LogP contribution in [0, 0.1) is 5.92 Å². The molecule has 0 saturated carbocycles. The minimum Gasteiger partial charge on any atom is -0.313 e. The normalized spacial score (nSPS) is 31.8. The van der Waals surface area contributed by atoms with E-state index < -0.39 is 0 Å². The lowest BCUT2D eigenvalue weighted by Gasteiger charge is -2.31. The predicted molar refractivity (Wildman–Crippen MR) is 77.9 cm³/mol. The molecule has 3 unspecified atom stereocenters. The van der Waals surface area contributed by atoms with Crippen molar-refractivity contribution in [1.82, 2.24) is 15.1 Å². The number of hydrogen-bond acceptors (Lipinski definition) is 3. The first-order chi connectivity index (χ1) is 8.61. The molecule has 0 amide bonds. The number of fused-ring (bicyclic) bond motifs is 2. The molecular formula is C15H31N3. The summed E-state index contributed by atoms with van der Waals surface area (Å²) in [5.74, 6) is 0.725. The summed E-state index contributed by atoms with van der Waals surface area (Å²) >= 11 is 0. The van der Waals surface area contributed by atoms with Crippen molar-refractivity contribution in [2.75, 3.05) is 33.2 Å². The fourth-order valence-electron chi connectivity index (χ4n) is 3.60. The van der Waals surface area contributed by atoms with E-state index in [9.17, 15) is 0 Å². The Labute approximate surface area is 113 Å². The molecule has 0 aromatic rings. The van der Waals surface area contributed by atoms with Gasteiger partial charge >= 0.3 is 0 Å². The summed E-state index contributed by atoms with van der Waals surface area (Å²) in [6.07, 6.45) is 4.20. The highest BCUT2D eigenvalue weighted by atomic mass is 15.3. The van der Waals surface area contributed by atoms with Gasteiger partial charge < -0.3 is 10.2 Å². The molecule has 2 rings (SSSR count). The van der Waals surface area contributed by atoms with Crippen molar-refractivity contribution in [3.8, 4) is 0 Å². The molecule has 2 heterocycles. The van der Waals surface area contributed by atoms with Crippen molar-refractivity contribution in [2.24, 2.45) is 5.92 Å². The van der Waals surface area contributed by atoms with Crippen LogP contribution in [0.4, 0.5) is 0 Å². The summed E-state index contributed by atoms with van der Waals surface area (Å²) in [7, 11) is 2.33. The molecule has 0 radical (unpaired) electrons. The van der Waals surface area contributed by atoms with Gasteiger partial charge in [-0.3, -0.25) is 4.90 Å². The maximum atomic E-state index is 3.65. The van der Waals surface area contributed by atoms with Crippen LogP contribution >= 0.6 is 0 Å². The summed E-state index contributed by atoms with van der Waals surface area (Å²) in [5.41, 5.74) is 0. The summed E-state index contributed by atoms with van der Waals surface area (Å²) in [5, 5.41) is 3.65. The molecule has 3 heteroatoms. The second-order valence-electron chi connectivity index (χ2n) is 6.51. The Hall–Kier alpha value is -0.120. The smallest absolute Gasteiger partial charge is 0.0223 e. The summed E-state index contributed by atoms with van der Waals surface area (Å²) in [6.45, 7) is 11.8. The molecule has 0 spiro atoms. The van der Waals surface area contributed by atoms with E-state index in [1.54, 1.807) is 0 Å². The van der Waals surface area contributed by atoms with Crippen LogP contribution in [0.25, 0.3) is 0 Å². The lowest BCUT2D eigenvalue weighted by atomic mass is 10.0. The van der Waals surface area contributed by atoms with Crippen LogP contribution in [0.15, 0.2) is 0 Å². The Balaban J connectivity index is 1.89. The topological polar surface area (TPSA) is 18.5 Å². The first-order valence-corrected chi connectivity index (χ1v) is 7.79. The molecule has 18 heavy (non-hydrogen) atoms. The Kier molecular flexibility index (Phi) is 5.05. The molecule has 3 nitrogen and oxygen atoms in total. The average molecular weight is 253 g/mol. The highest BCUT2D eigenvalue weighted by Crippen LogP contribution is 2.28. The van der Waals surface area contributed by atoms with Crippen molar-refractivity contribution in [3.63, 3.8) is 0 Å². The van der Waals surface area contributed by atoms with Gasteiger partial charge in [-0.15, -0.1) is 0 Å². The quantitative estimate of drug-likeness (QED) is 0.806. The Bertz CT molecular complexity index is 254. The lowest BCUT2D eigenvalue weighted by Crippen LogP contribution is -2.46. The number of hydrogen-bond donors (Lipinski definition) is 1. The molecule has 2 aliphatic heterocycles. The average Bonchev–Trinajstić information content (AvgIpc) is 2.56. The molecule has 2 aliphatic rings. The van der Waals surface area contributed by atoms with Crippen molar-refractivity contribution < 1.29 is 0 Å². The van der Waals surface area contributed by atoms with Crippen molar-refractivity contribution in [3.05, 3.63) is 0 Å². The van der Waals surface area contributed by atoms with Crippen LogP contribution in [0.1, 0.15) is 40.0 Å². The fraction of sp³-hybridized carbons (Fsp3) is 1.00. The first kappa shape index (κ1) is 14.3. The van der Waals surface area contributed by atoms with Crippen LogP contribution in [-0.2, 0) is 0 Å². The summed E-state index contributed by atoms with van der Waals surface area (Å²) in [6, 6.07) is 2.32. The number of likely N-dealkylation sites (N-methyl/N-ethyl adjacent to an activating group) is 2. The van der Waals surface area contributed by atoms with E-state index in [1.807, 2.05) is 0 Å². The van der Waals surface area contributed by atoms with E-state index >= 15 is 0 Å². The van der Waals surface area contributed by atoms with Crippen LogP contribution in [0.3, 0.4) is 0 Å². The molecule has 1 N–H and O–H groups in total. The second kappa shape index (κ2) is 6.36. The van der Waals surface area contributed by atoms with E-state index in [-0.39, 0.29) is 0 Å². The Morgan fingerprint density at radius 1 is 1.17 bits per heavy atom. The third-order valence-electron chi connectivity index (χ3n) is 4.96. The van der Waals surface area contributed by atoms with Crippen molar-refractivity contribution in [1.29, 1.82) is 0 Å². The van der Waals surface area contributed by atoms with Gasteiger partial charge in [0.1, 0.15) is 0 Å². The van der Waals surface area contributed by atoms with Gasteiger partial charge in [0.25, 0.3) is 0 Å². The molecular weight excluding hydrogens is 222 g/mol. The molecule has 2 saturated heterocycles. The van der Waals surface area contributed by atoms with Crippen molar-refractivity contribution in [2.45, 2.75) is 58.2 Å². The number of nitrogens with one attached hydrogen (secondary N) is 1. The van der Waals surface area contributed by atoms with Crippen molar-refractivity contribution >= 4 is 0 Å². The van der Waals surface area contributed by atoms with E-state index in [2.05, 4.69) is 42.9 Å². The van der Waals surface area contributed by atoms with Gasteiger partial charge in [0.15, 0.2) is 0 Å². The van der Waals surface area contributed by atoms with Gasteiger partial charge in [-0.2, -0.15) is 0 Å². The van der Waals surface area contributed by atoms with Gasteiger partial charge in [-0.25, -0.2) is 0 Å². The third-order valence-corrected chi connectivity index (χ3v) is 4.96. The highest BCUT2D eigenvalue weighted by molar-refractivity contribution is 4.92. The van der Waals surface area contributed by atoms with E-state index in [4.69, 9.17) is 0 Å². The lowest BCUT2D eigenvalue weighted by molar-refractivity contribution is 0.192. The minimum atomic E-state index is 0.650. The second-order valence-corrected chi connectivity index (χ2v) is 6.51. The summed E-state index contributed by atoms with van der Waals surface area (Å²) < 4.78 is 0. The SMILES string of the molecule is CCNC(CN1CCC2CCC(C1)N2C)C(C)C. The monoisotopic (exact) mass is 253 g/mol. The molecule has 106 valence electrons. The zero-order valence-electron chi connectivity index (χ0n) is 12.7.